The summed E-state index contributed by atoms with van der Waals surface area (Å²) in [5.41, 5.74) is 0.951. The van der Waals surface area contributed by atoms with Gasteiger partial charge in [-0.2, -0.15) is 10.2 Å². The molecular weight excluding hydrogens is 363 g/mol. The van der Waals surface area contributed by atoms with Crippen LogP contribution < -0.4 is 5.32 Å². The molecule has 3 heterocycles. The molecule has 1 aromatic carbocycles. The fraction of sp³-hybridized carbons (Fsp3) is 0.263. The van der Waals surface area contributed by atoms with Crippen molar-refractivity contribution in [3.63, 3.8) is 0 Å². The Morgan fingerprint density at radius 2 is 2.07 bits per heavy atom. The molecular formula is C19H19FN6O2. The number of anilines is 1. The fourth-order valence-electron chi connectivity index (χ4n) is 3.05. The number of aromatic amines is 1. The lowest BCUT2D eigenvalue weighted by Gasteiger charge is -2.37. The third-order valence-electron chi connectivity index (χ3n) is 4.71. The molecule has 2 aromatic heterocycles. The standard InChI is InChI=1S/C19H19FN6O2/c1-2-26-8-7-17(24-26)21-18(27)12-10-25(11-12)19(28)16-9-15(22-23-16)13-5-3-4-6-14(13)20/h3-9,12H,2,10-11H2,1H3,(H,22,23)(H,21,24,27). The number of aryl methyl sites for hydroxylation is 1. The van der Waals surface area contributed by atoms with Crippen LogP contribution in [0.4, 0.5) is 10.2 Å². The highest BCUT2D eigenvalue weighted by molar-refractivity contribution is 5.97. The van der Waals surface area contributed by atoms with Crippen LogP contribution in [0, 0.1) is 11.7 Å². The van der Waals surface area contributed by atoms with E-state index in [0.29, 0.717) is 30.2 Å². The molecule has 8 nitrogen and oxygen atoms in total. The number of carbonyl (C=O) groups excluding carboxylic acids is 2. The molecule has 1 aliphatic heterocycles. The average Bonchev–Trinajstić information content (AvgIpc) is 3.30. The van der Waals surface area contributed by atoms with Gasteiger partial charge in [-0.1, -0.05) is 12.1 Å². The summed E-state index contributed by atoms with van der Waals surface area (Å²) in [5, 5.41) is 13.6. The van der Waals surface area contributed by atoms with Crippen LogP contribution >= 0.6 is 0 Å². The molecule has 0 unspecified atom stereocenters. The van der Waals surface area contributed by atoms with Gasteiger partial charge in [0.15, 0.2) is 5.82 Å². The van der Waals surface area contributed by atoms with Crippen LogP contribution in [0.25, 0.3) is 11.3 Å². The minimum Gasteiger partial charge on any atom is -0.336 e. The summed E-state index contributed by atoms with van der Waals surface area (Å²) in [4.78, 5) is 26.4. The lowest BCUT2D eigenvalue weighted by Crippen LogP contribution is -2.54. The molecule has 0 saturated carbocycles. The Hall–Kier alpha value is -3.49. The average molecular weight is 382 g/mol. The van der Waals surface area contributed by atoms with E-state index in [1.165, 1.54) is 12.1 Å². The van der Waals surface area contributed by atoms with Crippen LogP contribution in [0.1, 0.15) is 17.4 Å². The second-order valence-electron chi connectivity index (χ2n) is 6.60. The van der Waals surface area contributed by atoms with Gasteiger partial charge in [-0.05, 0) is 25.1 Å². The van der Waals surface area contributed by atoms with Gasteiger partial charge in [0, 0.05) is 37.5 Å². The maximum atomic E-state index is 13.9. The van der Waals surface area contributed by atoms with Crippen molar-refractivity contribution in [3.8, 4) is 11.3 Å². The molecule has 2 amide bonds. The zero-order valence-corrected chi connectivity index (χ0v) is 15.2. The molecule has 0 spiro atoms. The summed E-state index contributed by atoms with van der Waals surface area (Å²) in [5.74, 6) is -0.625. The predicted octanol–water partition coefficient (Wildman–Crippen LogP) is 2.14. The summed E-state index contributed by atoms with van der Waals surface area (Å²) in [7, 11) is 0. The van der Waals surface area contributed by atoms with Crippen molar-refractivity contribution in [1.29, 1.82) is 0 Å². The van der Waals surface area contributed by atoms with E-state index in [0.717, 1.165) is 6.54 Å². The number of H-pyrrole nitrogens is 1. The predicted molar refractivity (Wildman–Crippen MR) is 99.9 cm³/mol. The first-order valence-electron chi connectivity index (χ1n) is 8.99. The number of hydrogen-bond donors (Lipinski definition) is 2. The first-order chi connectivity index (χ1) is 13.5. The van der Waals surface area contributed by atoms with Crippen molar-refractivity contribution in [2.24, 2.45) is 5.92 Å². The number of aromatic nitrogens is 4. The Morgan fingerprint density at radius 1 is 1.29 bits per heavy atom. The van der Waals surface area contributed by atoms with Gasteiger partial charge in [0.2, 0.25) is 5.91 Å². The van der Waals surface area contributed by atoms with Gasteiger partial charge in [0.05, 0.1) is 11.6 Å². The van der Waals surface area contributed by atoms with Gasteiger partial charge in [-0.25, -0.2) is 4.39 Å². The Labute approximate surface area is 160 Å². The van der Waals surface area contributed by atoms with Crippen molar-refractivity contribution < 1.29 is 14.0 Å². The molecule has 9 heteroatoms. The quantitative estimate of drug-likeness (QED) is 0.707. The van der Waals surface area contributed by atoms with E-state index in [-0.39, 0.29) is 23.4 Å². The lowest BCUT2D eigenvalue weighted by molar-refractivity contribution is -0.123. The van der Waals surface area contributed by atoms with Crippen molar-refractivity contribution in [1.82, 2.24) is 24.9 Å². The molecule has 144 valence electrons. The first-order valence-corrected chi connectivity index (χ1v) is 8.99. The van der Waals surface area contributed by atoms with Crippen molar-refractivity contribution >= 4 is 17.6 Å². The van der Waals surface area contributed by atoms with Gasteiger partial charge >= 0.3 is 0 Å². The zero-order chi connectivity index (χ0) is 19.7. The number of nitrogens with one attached hydrogen (secondary N) is 2. The number of hydrogen-bond acceptors (Lipinski definition) is 4. The third-order valence-corrected chi connectivity index (χ3v) is 4.71. The zero-order valence-electron chi connectivity index (χ0n) is 15.2. The molecule has 4 rings (SSSR count). The second kappa shape index (κ2) is 7.26. The summed E-state index contributed by atoms with van der Waals surface area (Å²) >= 11 is 0. The smallest absolute Gasteiger partial charge is 0.271 e. The summed E-state index contributed by atoms with van der Waals surface area (Å²) in [6, 6.07) is 9.49. The Balaban J connectivity index is 1.35. The highest BCUT2D eigenvalue weighted by atomic mass is 19.1. The maximum absolute atomic E-state index is 13.9. The van der Waals surface area contributed by atoms with Crippen LogP contribution in [0.5, 0.6) is 0 Å². The third kappa shape index (κ3) is 3.38. The minimum atomic E-state index is -0.404. The normalized spacial score (nSPS) is 14.0. The Kier molecular flexibility index (Phi) is 4.64. The largest absolute Gasteiger partial charge is 0.336 e. The molecule has 1 fully saturated rings. The summed E-state index contributed by atoms with van der Waals surface area (Å²) in [6.45, 7) is 3.31. The van der Waals surface area contributed by atoms with Gasteiger partial charge in [-0.15, -0.1) is 0 Å². The van der Waals surface area contributed by atoms with E-state index in [1.54, 1.807) is 40.0 Å². The van der Waals surface area contributed by atoms with E-state index < -0.39 is 5.82 Å². The van der Waals surface area contributed by atoms with Crippen molar-refractivity contribution in [2.45, 2.75) is 13.5 Å². The van der Waals surface area contributed by atoms with Crippen LogP contribution in [-0.4, -0.2) is 49.8 Å². The number of carbonyl (C=O) groups is 2. The van der Waals surface area contributed by atoms with Crippen molar-refractivity contribution in [3.05, 3.63) is 54.1 Å². The highest BCUT2D eigenvalue weighted by Gasteiger charge is 2.37. The fourth-order valence-corrected chi connectivity index (χ4v) is 3.05. The number of rotatable bonds is 5. The van der Waals surface area contributed by atoms with E-state index in [2.05, 4.69) is 20.6 Å². The molecule has 3 aromatic rings. The van der Waals surface area contributed by atoms with E-state index in [4.69, 9.17) is 0 Å². The maximum Gasteiger partial charge on any atom is 0.271 e. The molecule has 28 heavy (non-hydrogen) atoms. The van der Waals surface area contributed by atoms with Crippen LogP contribution in [0.3, 0.4) is 0 Å². The number of halogens is 1. The number of likely N-dealkylation sites (tertiary alicyclic amines) is 1. The Bertz CT molecular complexity index is 1020. The van der Waals surface area contributed by atoms with E-state index in [1.807, 2.05) is 6.92 Å². The SMILES string of the molecule is CCn1ccc(NC(=O)C2CN(C(=O)c3cc(-c4ccccc4F)n[nH]3)C2)n1. The van der Waals surface area contributed by atoms with Crippen LogP contribution in [0.2, 0.25) is 0 Å². The van der Waals surface area contributed by atoms with E-state index in [9.17, 15) is 14.0 Å². The van der Waals surface area contributed by atoms with E-state index >= 15 is 0 Å². The molecule has 0 radical (unpaired) electrons. The lowest BCUT2D eigenvalue weighted by atomic mass is 9.98. The first kappa shape index (κ1) is 17.9. The van der Waals surface area contributed by atoms with Gasteiger partial charge < -0.3 is 10.2 Å². The number of nitrogens with zero attached hydrogens (tertiary/aromatic N) is 4. The molecule has 1 aliphatic rings. The van der Waals surface area contributed by atoms with Gasteiger partial charge in [0.25, 0.3) is 5.91 Å². The van der Waals surface area contributed by atoms with Gasteiger partial charge in [0.1, 0.15) is 11.5 Å². The topological polar surface area (TPSA) is 95.9 Å². The van der Waals surface area contributed by atoms with Crippen LogP contribution in [0.15, 0.2) is 42.6 Å². The molecule has 1 saturated heterocycles. The minimum absolute atomic E-state index is 0.165. The van der Waals surface area contributed by atoms with Crippen LogP contribution in [-0.2, 0) is 11.3 Å². The number of amides is 2. The Morgan fingerprint density at radius 3 is 2.79 bits per heavy atom. The molecule has 0 aliphatic carbocycles. The highest BCUT2D eigenvalue weighted by Crippen LogP contribution is 2.24. The number of benzene rings is 1. The van der Waals surface area contributed by atoms with Gasteiger partial charge in [-0.3, -0.25) is 19.4 Å². The monoisotopic (exact) mass is 382 g/mol. The second-order valence-corrected chi connectivity index (χ2v) is 6.60. The summed E-state index contributed by atoms with van der Waals surface area (Å²) in [6.07, 6.45) is 1.79. The molecule has 0 atom stereocenters. The molecule has 2 N–H and O–H groups in total. The van der Waals surface area contributed by atoms with Crippen molar-refractivity contribution in [2.75, 3.05) is 18.4 Å². The summed E-state index contributed by atoms with van der Waals surface area (Å²) < 4.78 is 15.6. The molecule has 0 bridgehead atoms.